The van der Waals surface area contributed by atoms with Gasteiger partial charge >= 0.3 is 17.1 Å². The van der Waals surface area contributed by atoms with Crippen LogP contribution in [0, 0.1) is 0 Å². The van der Waals surface area contributed by atoms with Gasteiger partial charge in [-0.2, -0.15) is 39.7 Å². The number of pyridine rings is 2. The third-order valence-corrected chi connectivity index (χ3v) is 17.1. The number of hydrogen-bond acceptors (Lipinski definition) is 2. The van der Waals surface area contributed by atoms with Gasteiger partial charge in [0.15, 0.2) is 0 Å². The molecule has 0 radical (unpaired) electrons. The van der Waals surface area contributed by atoms with Crippen LogP contribution in [0.5, 0.6) is 0 Å². The third kappa shape index (κ3) is 9.19. The molecule has 2 nitrogen and oxygen atoms in total. The van der Waals surface area contributed by atoms with E-state index in [0.29, 0.717) is 0 Å². The maximum Gasteiger partial charge on any atom is 2.00 e. The van der Waals surface area contributed by atoms with Crippen LogP contribution in [-0.2, 0) is 28.4 Å². The normalized spacial score (nSPS) is 12.9. The van der Waals surface area contributed by atoms with Gasteiger partial charge in [0.1, 0.15) is 0 Å². The summed E-state index contributed by atoms with van der Waals surface area (Å²) in [6.45, 7) is 29.9. The minimum absolute atomic E-state index is 0. The van der Waals surface area contributed by atoms with E-state index in [9.17, 15) is 0 Å². The van der Waals surface area contributed by atoms with Crippen molar-refractivity contribution in [2.75, 3.05) is 0 Å². The molecular weight excluding hydrogens is 634 g/mol. The molecule has 0 saturated heterocycles. The maximum absolute atomic E-state index is 4.59. The molecule has 0 spiro atoms. The Bertz CT molecular complexity index is 1320. The summed E-state index contributed by atoms with van der Waals surface area (Å²) in [4.78, 5) is 9.17. The van der Waals surface area contributed by atoms with Crippen molar-refractivity contribution < 1.29 is 17.1 Å². The Balaban J connectivity index is 0.000000973. The van der Waals surface area contributed by atoms with Crippen LogP contribution in [-0.4, -0.2) is 36.4 Å². The van der Waals surface area contributed by atoms with E-state index in [-0.39, 0.29) is 35.3 Å². The Morgan fingerprint density at radius 3 is 1.56 bits per heavy atom. The molecule has 234 valence electrons. The summed E-state index contributed by atoms with van der Waals surface area (Å²) in [6.07, 6.45) is 9.01. The zero-order valence-corrected chi connectivity index (χ0v) is 33.7. The van der Waals surface area contributed by atoms with Crippen LogP contribution in [0.25, 0.3) is 0 Å². The molecule has 0 saturated carbocycles. The second kappa shape index (κ2) is 14.5. The second-order valence-electron chi connectivity index (χ2n) is 15.5. The van der Waals surface area contributed by atoms with Gasteiger partial charge in [0.05, 0.1) is 8.07 Å². The molecule has 4 rings (SSSR count). The second-order valence-corrected chi connectivity index (χ2v) is 30.3. The zero-order chi connectivity index (χ0) is 31.6. The van der Waals surface area contributed by atoms with Crippen LogP contribution < -0.4 is 10.4 Å². The first-order valence-electron chi connectivity index (χ1n) is 15.2. The Labute approximate surface area is 279 Å². The van der Waals surface area contributed by atoms with Crippen molar-refractivity contribution in [2.45, 2.75) is 102 Å². The molecule has 2 aromatic carbocycles. The standard InChI is InChI=1S/C31H49N2P2Si2.C5H5.Fe/c1-29(2,3)35(30(4,5)6)22-25-26(19-27(36(7,8)9)28(25)37(10,11)12)31(34,23-15-13-17-32-20-23)24-16-14-18-33-21-24;1-2-4-5-3-1;/h13-21H,22,34H2,1-12H3;1-5H;/q2*-1;+2. The number of hydrogen-bond donors (Lipinski definition) is 0. The van der Waals surface area contributed by atoms with E-state index in [4.69, 9.17) is 0 Å². The van der Waals surface area contributed by atoms with E-state index >= 15 is 0 Å². The predicted octanol–water partition coefficient (Wildman–Crippen LogP) is 9.43. The molecule has 4 aromatic rings. The SMILES string of the molecule is CC(C)(C)P(Cc1c(C(P)(c2cccnc2)c2cccnc2)cc([Si](C)(C)C)[c-]1[Si](C)(C)C)C(C)(C)C.[Fe+2].c1cc[cH-]c1. The van der Waals surface area contributed by atoms with Gasteiger partial charge in [-0.05, 0) is 39.7 Å². The molecular formula is C36H54FeN2P2Si2. The molecule has 0 amide bonds. The summed E-state index contributed by atoms with van der Waals surface area (Å²) in [6, 6.07) is 21.2. The van der Waals surface area contributed by atoms with Crippen LogP contribution in [0.1, 0.15) is 63.8 Å². The van der Waals surface area contributed by atoms with Crippen LogP contribution in [0.2, 0.25) is 39.3 Å². The molecule has 2 aromatic heterocycles. The molecule has 1 unspecified atom stereocenters. The Kier molecular flexibility index (Phi) is 12.8. The Morgan fingerprint density at radius 2 is 1.26 bits per heavy atom. The molecule has 43 heavy (non-hydrogen) atoms. The maximum atomic E-state index is 4.59. The van der Waals surface area contributed by atoms with E-state index in [1.807, 2.05) is 42.7 Å². The largest absolute Gasteiger partial charge is 2.00 e. The smallest absolute Gasteiger partial charge is 0.264 e. The third-order valence-electron chi connectivity index (χ3n) is 7.89. The van der Waals surface area contributed by atoms with Gasteiger partial charge < -0.3 is 0 Å². The van der Waals surface area contributed by atoms with Gasteiger partial charge in [-0.25, -0.2) is 18.2 Å². The van der Waals surface area contributed by atoms with Crippen LogP contribution in [0.4, 0.5) is 0 Å². The quantitative estimate of drug-likeness (QED) is 0.110. The monoisotopic (exact) mass is 688 g/mol. The summed E-state index contributed by atoms with van der Waals surface area (Å²) in [5.41, 5.74) is 5.49. The molecule has 1 atom stereocenters. The van der Waals surface area contributed by atoms with E-state index < -0.39 is 21.3 Å². The molecule has 0 bridgehead atoms. The molecule has 0 aliphatic heterocycles. The van der Waals surface area contributed by atoms with Gasteiger partial charge in [-0.1, -0.05) is 101 Å². The first kappa shape index (κ1) is 38.0. The van der Waals surface area contributed by atoms with Crippen molar-refractivity contribution in [3.8, 4) is 0 Å². The molecule has 0 fully saturated rings. The van der Waals surface area contributed by atoms with Crippen LogP contribution in [0.15, 0.2) is 85.5 Å². The van der Waals surface area contributed by atoms with Crippen LogP contribution >= 0.6 is 17.2 Å². The number of aromatic nitrogens is 2. The first-order chi connectivity index (χ1) is 19.3. The summed E-state index contributed by atoms with van der Waals surface area (Å²) in [5, 5.41) is 3.49. The zero-order valence-electron chi connectivity index (χ0n) is 28.6. The van der Waals surface area contributed by atoms with Gasteiger partial charge in [-0.15, -0.1) is 9.24 Å². The van der Waals surface area contributed by atoms with Gasteiger partial charge in [0.2, 0.25) is 0 Å². The van der Waals surface area contributed by atoms with Crippen molar-refractivity contribution in [2.24, 2.45) is 0 Å². The van der Waals surface area contributed by atoms with Crippen molar-refractivity contribution in [1.82, 2.24) is 9.97 Å². The fourth-order valence-corrected chi connectivity index (χ4v) is 16.3. The molecule has 0 N–H and O–H groups in total. The van der Waals surface area contributed by atoms with Crippen molar-refractivity contribution in [1.29, 1.82) is 0 Å². The van der Waals surface area contributed by atoms with E-state index in [1.165, 1.54) is 16.7 Å². The van der Waals surface area contributed by atoms with Gasteiger partial charge in [0, 0.05) is 38.0 Å². The molecule has 0 aliphatic rings. The van der Waals surface area contributed by atoms with Gasteiger partial charge in [0.25, 0.3) is 0 Å². The molecule has 2 heterocycles. The van der Waals surface area contributed by atoms with E-state index in [1.54, 1.807) is 15.9 Å². The Morgan fingerprint density at radius 1 is 0.791 bits per heavy atom. The predicted molar refractivity (Wildman–Crippen MR) is 198 cm³/mol. The van der Waals surface area contributed by atoms with Crippen molar-refractivity contribution in [3.63, 3.8) is 0 Å². The van der Waals surface area contributed by atoms with Gasteiger partial charge in [-0.3, -0.25) is 9.97 Å². The van der Waals surface area contributed by atoms with Crippen molar-refractivity contribution in [3.05, 3.63) is 108 Å². The summed E-state index contributed by atoms with van der Waals surface area (Å²) in [7, 11) is -0.309. The fraction of sp³-hybridized carbons (Fsp3) is 0.444. The number of nitrogens with zero attached hydrogens (tertiary/aromatic N) is 2. The van der Waals surface area contributed by atoms with E-state index in [0.717, 1.165) is 6.16 Å². The van der Waals surface area contributed by atoms with Crippen LogP contribution in [0.3, 0.4) is 0 Å². The average Bonchev–Trinajstić information content (AvgIpc) is 3.58. The average molecular weight is 689 g/mol. The Hall–Kier alpha value is -1.19. The summed E-state index contributed by atoms with van der Waals surface area (Å²) < 4.78 is 0. The van der Waals surface area contributed by atoms with E-state index in [2.05, 4.69) is 143 Å². The minimum Gasteiger partial charge on any atom is -0.264 e. The minimum atomic E-state index is -1.67. The number of rotatable bonds is 7. The first-order valence-corrected chi connectivity index (χ1v) is 24.3. The summed E-state index contributed by atoms with van der Waals surface area (Å²) >= 11 is 0. The molecule has 7 heteroatoms. The summed E-state index contributed by atoms with van der Waals surface area (Å²) in [5.74, 6) is 0. The fourth-order valence-electron chi connectivity index (χ4n) is 6.19. The van der Waals surface area contributed by atoms with Crippen molar-refractivity contribution >= 4 is 43.7 Å². The topological polar surface area (TPSA) is 25.8 Å². The molecule has 0 aliphatic carbocycles.